The second kappa shape index (κ2) is 4.83. The molecule has 0 radical (unpaired) electrons. The third-order valence-corrected chi connectivity index (χ3v) is 1.55. The zero-order chi connectivity index (χ0) is 12.2. The second-order valence-corrected chi connectivity index (χ2v) is 4.26. The topological polar surface area (TPSA) is 50.4 Å². The van der Waals surface area contributed by atoms with Crippen molar-refractivity contribution < 1.29 is 13.9 Å². The molecular weight excluding hydrogens is 211 g/mol. The zero-order valence-corrected chi connectivity index (χ0v) is 9.50. The van der Waals surface area contributed by atoms with Gasteiger partial charge in [-0.15, -0.1) is 0 Å². The predicted molar refractivity (Wildman–Crippen MR) is 59.4 cm³/mol. The maximum absolute atomic E-state index is 12.6. The van der Waals surface area contributed by atoms with Gasteiger partial charge in [0.15, 0.2) is 0 Å². The minimum Gasteiger partial charge on any atom is -0.443 e. The molecule has 0 aliphatic carbocycles. The van der Waals surface area contributed by atoms with E-state index in [9.17, 15) is 9.18 Å². The molecule has 0 atom stereocenters. The smallest absolute Gasteiger partial charge is 0.426 e. The SMILES string of the molecule is CC(C)(C)OC(=O)NNc1ccc(F)cc1. The van der Waals surface area contributed by atoms with Crippen molar-refractivity contribution in [2.24, 2.45) is 0 Å². The lowest BCUT2D eigenvalue weighted by molar-refractivity contribution is 0.0541. The van der Waals surface area contributed by atoms with Crippen LogP contribution in [-0.2, 0) is 4.74 Å². The summed E-state index contributed by atoms with van der Waals surface area (Å²) in [5.41, 5.74) is 4.97. The molecule has 1 aromatic carbocycles. The third kappa shape index (κ3) is 4.63. The fourth-order valence-corrected chi connectivity index (χ4v) is 0.960. The van der Waals surface area contributed by atoms with Crippen LogP contribution in [0.1, 0.15) is 20.8 Å². The number of carbonyl (C=O) groups is 1. The number of benzene rings is 1. The summed E-state index contributed by atoms with van der Waals surface area (Å²) in [6.07, 6.45) is -0.586. The number of rotatable bonds is 2. The summed E-state index contributed by atoms with van der Waals surface area (Å²) in [4.78, 5) is 11.2. The van der Waals surface area contributed by atoms with E-state index in [2.05, 4.69) is 10.9 Å². The van der Waals surface area contributed by atoms with Gasteiger partial charge in [0.25, 0.3) is 0 Å². The Morgan fingerprint density at radius 3 is 2.31 bits per heavy atom. The highest BCUT2D eigenvalue weighted by molar-refractivity contribution is 5.69. The summed E-state index contributed by atoms with van der Waals surface area (Å²) in [6, 6.07) is 5.59. The molecule has 2 N–H and O–H groups in total. The summed E-state index contributed by atoms with van der Waals surface area (Å²) in [6.45, 7) is 5.30. The van der Waals surface area contributed by atoms with Gasteiger partial charge in [0.1, 0.15) is 11.4 Å². The highest BCUT2D eigenvalue weighted by Crippen LogP contribution is 2.08. The monoisotopic (exact) mass is 226 g/mol. The van der Waals surface area contributed by atoms with Gasteiger partial charge in [-0.1, -0.05) is 0 Å². The van der Waals surface area contributed by atoms with E-state index in [1.807, 2.05) is 0 Å². The molecule has 0 aliphatic rings. The molecule has 0 aliphatic heterocycles. The summed E-state index contributed by atoms with van der Waals surface area (Å²) in [5.74, 6) is -0.331. The van der Waals surface area contributed by atoms with Crippen molar-refractivity contribution in [2.45, 2.75) is 26.4 Å². The molecule has 4 nitrogen and oxygen atoms in total. The molecule has 1 rings (SSSR count). The minimum absolute atomic E-state index is 0.331. The number of anilines is 1. The van der Waals surface area contributed by atoms with Gasteiger partial charge in [-0.2, -0.15) is 0 Å². The molecular formula is C11H15FN2O2. The molecule has 0 spiro atoms. The van der Waals surface area contributed by atoms with Crippen LogP contribution in [0.15, 0.2) is 24.3 Å². The maximum Gasteiger partial charge on any atom is 0.426 e. The minimum atomic E-state index is -0.586. The normalized spacial score (nSPS) is 10.8. The molecule has 0 heterocycles. The van der Waals surface area contributed by atoms with E-state index in [-0.39, 0.29) is 5.82 Å². The molecule has 0 aromatic heterocycles. The van der Waals surface area contributed by atoms with Crippen molar-refractivity contribution in [1.29, 1.82) is 0 Å². The lowest BCUT2D eigenvalue weighted by atomic mass is 10.2. The van der Waals surface area contributed by atoms with Crippen molar-refractivity contribution in [3.63, 3.8) is 0 Å². The molecule has 0 unspecified atom stereocenters. The number of amides is 1. The van der Waals surface area contributed by atoms with E-state index in [0.29, 0.717) is 5.69 Å². The number of hydrazine groups is 1. The molecule has 16 heavy (non-hydrogen) atoms. The first kappa shape index (κ1) is 12.3. The molecule has 1 aromatic rings. The number of halogens is 1. The summed E-state index contributed by atoms with van der Waals surface area (Å²) in [5, 5.41) is 0. The van der Waals surface area contributed by atoms with Crippen molar-refractivity contribution in [2.75, 3.05) is 5.43 Å². The number of hydrogen-bond acceptors (Lipinski definition) is 3. The van der Waals surface area contributed by atoms with Crippen LogP contribution in [0, 0.1) is 5.82 Å². The van der Waals surface area contributed by atoms with Crippen molar-refractivity contribution in [3.05, 3.63) is 30.1 Å². The Balaban J connectivity index is 2.40. The van der Waals surface area contributed by atoms with Crippen LogP contribution in [0.3, 0.4) is 0 Å². The molecule has 88 valence electrons. The molecule has 0 saturated heterocycles. The van der Waals surface area contributed by atoms with Crippen LogP contribution >= 0.6 is 0 Å². The maximum atomic E-state index is 12.6. The Morgan fingerprint density at radius 2 is 1.81 bits per heavy atom. The number of ether oxygens (including phenoxy) is 1. The summed E-state index contributed by atoms with van der Waals surface area (Å²) >= 11 is 0. The zero-order valence-electron chi connectivity index (χ0n) is 9.50. The fourth-order valence-electron chi connectivity index (χ4n) is 0.960. The first-order valence-corrected chi connectivity index (χ1v) is 4.87. The first-order valence-electron chi connectivity index (χ1n) is 4.87. The Kier molecular flexibility index (Phi) is 3.71. The van der Waals surface area contributed by atoms with Gasteiger partial charge >= 0.3 is 6.09 Å². The standard InChI is InChI=1S/C11H15FN2O2/c1-11(2,3)16-10(15)14-13-9-6-4-8(12)5-7-9/h4-7,13H,1-3H3,(H,14,15). The predicted octanol–water partition coefficient (Wildman–Crippen LogP) is 2.68. The fraction of sp³-hybridized carbons (Fsp3) is 0.364. The first-order chi connectivity index (χ1) is 7.37. The Labute approximate surface area is 93.8 Å². The van der Waals surface area contributed by atoms with Gasteiger partial charge < -0.3 is 4.74 Å². The molecule has 0 saturated carbocycles. The van der Waals surface area contributed by atoms with Gasteiger partial charge in [-0.25, -0.2) is 14.6 Å². The van der Waals surface area contributed by atoms with E-state index in [4.69, 9.17) is 4.74 Å². The van der Waals surface area contributed by atoms with E-state index in [1.165, 1.54) is 24.3 Å². The molecule has 1 amide bonds. The van der Waals surface area contributed by atoms with Crippen LogP contribution < -0.4 is 10.9 Å². The number of carbonyl (C=O) groups excluding carboxylic acids is 1. The van der Waals surface area contributed by atoms with Crippen LogP contribution in [0.25, 0.3) is 0 Å². The number of hydrogen-bond donors (Lipinski definition) is 2. The lowest BCUT2D eigenvalue weighted by Crippen LogP contribution is -2.35. The van der Waals surface area contributed by atoms with Crippen LogP contribution in [-0.4, -0.2) is 11.7 Å². The largest absolute Gasteiger partial charge is 0.443 e. The third-order valence-electron chi connectivity index (χ3n) is 1.55. The quantitative estimate of drug-likeness (QED) is 0.762. The van der Waals surface area contributed by atoms with E-state index >= 15 is 0 Å². The van der Waals surface area contributed by atoms with E-state index in [0.717, 1.165) is 0 Å². The van der Waals surface area contributed by atoms with Crippen LogP contribution in [0.5, 0.6) is 0 Å². The van der Waals surface area contributed by atoms with Gasteiger partial charge in [0.2, 0.25) is 0 Å². The highest BCUT2D eigenvalue weighted by Gasteiger charge is 2.15. The average Bonchev–Trinajstić information content (AvgIpc) is 2.14. The van der Waals surface area contributed by atoms with E-state index < -0.39 is 11.7 Å². The van der Waals surface area contributed by atoms with Crippen LogP contribution in [0.2, 0.25) is 0 Å². The molecule has 0 bridgehead atoms. The van der Waals surface area contributed by atoms with E-state index in [1.54, 1.807) is 20.8 Å². The van der Waals surface area contributed by atoms with Crippen molar-refractivity contribution in [1.82, 2.24) is 5.43 Å². The Bertz CT molecular complexity index is 357. The van der Waals surface area contributed by atoms with Crippen molar-refractivity contribution >= 4 is 11.8 Å². The van der Waals surface area contributed by atoms with Gasteiger partial charge in [0.05, 0.1) is 5.69 Å². The number of nitrogens with one attached hydrogen (secondary N) is 2. The second-order valence-electron chi connectivity index (χ2n) is 4.26. The lowest BCUT2D eigenvalue weighted by Gasteiger charge is -2.20. The van der Waals surface area contributed by atoms with Gasteiger partial charge in [-0.05, 0) is 45.0 Å². The molecule has 0 fully saturated rings. The molecule has 5 heteroatoms. The Hall–Kier alpha value is -1.78. The van der Waals surface area contributed by atoms with Gasteiger partial charge in [0, 0.05) is 0 Å². The van der Waals surface area contributed by atoms with Crippen LogP contribution in [0.4, 0.5) is 14.9 Å². The summed E-state index contributed by atoms with van der Waals surface area (Å²) < 4.78 is 17.6. The average molecular weight is 226 g/mol. The van der Waals surface area contributed by atoms with Crippen molar-refractivity contribution in [3.8, 4) is 0 Å². The summed E-state index contributed by atoms with van der Waals surface area (Å²) in [7, 11) is 0. The Morgan fingerprint density at radius 1 is 1.25 bits per heavy atom. The highest BCUT2D eigenvalue weighted by atomic mass is 19.1. The van der Waals surface area contributed by atoms with Gasteiger partial charge in [-0.3, -0.25) is 5.43 Å².